The third-order valence-electron chi connectivity index (χ3n) is 1.90. The van der Waals surface area contributed by atoms with Crippen molar-refractivity contribution in [1.29, 1.82) is 0 Å². The minimum absolute atomic E-state index is 0.0553. The quantitative estimate of drug-likeness (QED) is 0.371. The van der Waals surface area contributed by atoms with E-state index >= 15 is 0 Å². The Labute approximate surface area is 94.7 Å². The van der Waals surface area contributed by atoms with Crippen LogP contribution in [0.15, 0.2) is 11.6 Å². The molecule has 0 aliphatic heterocycles. The zero-order valence-corrected chi connectivity index (χ0v) is 9.44. The van der Waals surface area contributed by atoms with Gasteiger partial charge in [0.15, 0.2) is 0 Å². The van der Waals surface area contributed by atoms with Crippen LogP contribution in [0.1, 0.15) is 32.6 Å². The fourth-order valence-corrected chi connectivity index (χ4v) is 1.07. The number of aliphatic hydroxyl groups is 1. The summed E-state index contributed by atoms with van der Waals surface area (Å²) in [6, 6.07) is 0. The third kappa shape index (κ3) is 7.00. The summed E-state index contributed by atoms with van der Waals surface area (Å²) in [5.41, 5.74) is 0.173. The summed E-state index contributed by atoms with van der Waals surface area (Å²) in [4.78, 5) is 21.9. The predicted octanol–water partition coefficient (Wildman–Crippen LogP) is 1.11. The normalized spacial score (nSPS) is 11.2. The molecule has 0 fully saturated rings. The van der Waals surface area contributed by atoms with Crippen molar-refractivity contribution in [3.63, 3.8) is 0 Å². The van der Waals surface area contributed by atoms with E-state index in [2.05, 4.69) is 0 Å². The van der Waals surface area contributed by atoms with Crippen LogP contribution in [0.3, 0.4) is 0 Å². The summed E-state index contributed by atoms with van der Waals surface area (Å²) in [5.74, 6) is -1.76. The first-order chi connectivity index (χ1) is 7.61. The molecule has 0 radical (unpaired) electrons. The monoisotopic (exact) mass is 230 g/mol. The van der Waals surface area contributed by atoms with Crippen LogP contribution in [0.2, 0.25) is 0 Å². The zero-order chi connectivity index (χ0) is 12.4. The molecule has 0 bridgehead atoms. The van der Waals surface area contributed by atoms with Crippen molar-refractivity contribution in [3.8, 4) is 0 Å². The van der Waals surface area contributed by atoms with Crippen LogP contribution in [0.25, 0.3) is 0 Å². The largest absolute Gasteiger partial charge is 0.478 e. The van der Waals surface area contributed by atoms with E-state index in [1.165, 1.54) is 0 Å². The number of carbonyl (C=O) groups excluding carboxylic acids is 1. The number of rotatable bonds is 8. The number of carboxylic acids is 1. The highest BCUT2D eigenvalue weighted by atomic mass is 16.5. The lowest BCUT2D eigenvalue weighted by atomic mass is 10.1. The second-order valence-electron chi connectivity index (χ2n) is 3.32. The van der Waals surface area contributed by atoms with E-state index in [0.717, 1.165) is 18.9 Å². The first-order valence-corrected chi connectivity index (χ1v) is 5.33. The molecule has 92 valence electrons. The van der Waals surface area contributed by atoms with Gasteiger partial charge < -0.3 is 14.9 Å². The molecule has 0 saturated carbocycles. The minimum atomic E-state index is -1.15. The highest BCUT2D eigenvalue weighted by Crippen LogP contribution is 2.09. The van der Waals surface area contributed by atoms with Crippen molar-refractivity contribution in [2.75, 3.05) is 13.2 Å². The molecule has 5 heteroatoms. The van der Waals surface area contributed by atoms with Gasteiger partial charge in [-0.2, -0.15) is 0 Å². The molecule has 0 rings (SSSR count). The number of carbonyl (C=O) groups is 2. The SMILES string of the molecule is CCCC/C(=C/C(=O)O)C(=O)OCCCO. The first-order valence-electron chi connectivity index (χ1n) is 5.33. The summed E-state index contributed by atoms with van der Waals surface area (Å²) in [6.45, 7) is 2.01. The van der Waals surface area contributed by atoms with Gasteiger partial charge in [0, 0.05) is 24.7 Å². The molecule has 0 saturated heterocycles. The molecule has 0 spiro atoms. The Morgan fingerprint density at radius 2 is 2.00 bits per heavy atom. The summed E-state index contributed by atoms with van der Waals surface area (Å²) in [5, 5.41) is 17.1. The molecule has 0 aromatic carbocycles. The van der Waals surface area contributed by atoms with Gasteiger partial charge in [0.1, 0.15) is 0 Å². The lowest BCUT2D eigenvalue weighted by Gasteiger charge is -2.06. The average Bonchev–Trinajstić information content (AvgIpc) is 2.23. The number of aliphatic hydroxyl groups excluding tert-OH is 1. The molecule has 0 aliphatic rings. The maximum Gasteiger partial charge on any atom is 0.334 e. The van der Waals surface area contributed by atoms with Crippen molar-refractivity contribution in [1.82, 2.24) is 0 Å². The summed E-state index contributed by atoms with van der Waals surface area (Å²) in [7, 11) is 0. The van der Waals surface area contributed by atoms with Crippen LogP contribution in [-0.2, 0) is 14.3 Å². The van der Waals surface area contributed by atoms with Gasteiger partial charge in [-0.1, -0.05) is 13.3 Å². The Balaban J connectivity index is 4.27. The number of ether oxygens (including phenoxy) is 1. The number of hydrogen-bond acceptors (Lipinski definition) is 4. The highest BCUT2D eigenvalue weighted by Gasteiger charge is 2.12. The van der Waals surface area contributed by atoms with Crippen LogP contribution in [0.4, 0.5) is 0 Å². The number of esters is 1. The van der Waals surface area contributed by atoms with Crippen molar-refractivity contribution >= 4 is 11.9 Å². The Morgan fingerprint density at radius 3 is 2.50 bits per heavy atom. The zero-order valence-electron chi connectivity index (χ0n) is 9.44. The lowest BCUT2D eigenvalue weighted by molar-refractivity contribution is -0.140. The van der Waals surface area contributed by atoms with E-state index in [1.54, 1.807) is 0 Å². The van der Waals surface area contributed by atoms with Crippen LogP contribution in [0, 0.1) is 0 Å². The Kier molecular flexibility index (Phi) is 8.15. The molecule has 0 amide bonds. The Morgan fingerprint density at radius 1 is 1.31 bits per heavy atom. The molecule has 0 atom stereocenters. The average molecular weight is 230 g/mol. The van der Waals surface area contributed by atoms with Gasteiger partial charge in [-0.25, -0.2) is 9.59 Å². The van der Waals surface area contributed by atoms with Gasteiger partial charge in [0.25, 0.3) is 0 Å². The van der Waals surface area contributed by atoms with Gasteiger partial charge in [-0.05, 0) is 12.8 Å². The van der Waals surface area contributed by atoms with Crippen LogP contribution in [0.5, 0.6) is 0 Å². The summed E-state index contributed by atoms with van der Waals surface area (Å²) >= 11 is 0. The van der Waals surface area contributed by atoms with Crippen molar-refractivity contribution in [2.24, 2.45) is 0 Å². The van der Waals surface area contributed by atoms with Crippen molar-refractivity contribution in [3.05, 3.63) is 11.6 Å². The molecule has 0 aromatic heterocycles. The highest BCUT2D eigenvalue weighted by molar-refractivity contribution is 5.95. The fraction of sp³-hybridized carbons (Fsp3) is 0.636. The number of unbranched alkanes of at least 4 members (excludes halogenated alkanes) is 1. The maximum absolute atomic E-state index is 11.4. The second-order valence-corrected chi connectivity index (χ2v) is 3.32. The standard InChI is InChI=1S/C11H18O5/c1-2-3-5-9(8-10(13)14)11(15)16-7-4-6-12/h8,12H,2-7H2,1H3,(H,13,14)/b9-8-. The topological polar surface area (TPSA) is 83.8 Å². The van der Waals surface area contributed by atoms with Crippen LogP contribution in [-0.4, -0.2) is 35.4 Å². The lowest BCUT2D eigenvalue weighted by Crippen LogP contribution is -2.11. The molecular weight excluding hydrogens is 212 g/mol. The van der Waals surface area contributed by atoms with Gasteiger partial charge in [0.2, 0.25) is 0 Å². The first kappa shape index (κ1) is 14.6. The minimum Gasteiger partial charge on any atom is -0.478 e. The second kappa shape index (κ2) is 8.91. The van der Waals surface area contributed by atoms with E-state index in [9.17, 15) is 9.59 Å². The Hall–Kier alpha value is -1.36. The van der Waals surface area contributed by atoms with E-state index < -0.39 is 11.9 Å². The van der Waals surface area contributed by atoms with E-state index in [4.69, 9.17) is 14.9 Å². The van der Waals surface area contributed by atoms with E-state index in [1.807, 2.05) is 6.92 Å². The molecule has 5 nitrogen and oxygen atoms in total. The van der Waals surface area contributed by atoms with Crippen molar-refractivity contribution < 1.29 is 24.5 Å². The molecule has 0 aromatic rings. The molecule has 0 heterocycles. The third-order valence-corrected chi connectivity index (χ3v) is 1.90. The number of carboxylic acid groups (broad SMARTS) is 1. The number of aliphatic carboxylic acids is 1. The van der Waals surface area contributed by atoms with E-state index in [-0.39, 0.29) is 18.8 Å². The van der Waals surface area contributed by atoms with Gasteiger partial charge >= 0.3 is 11.9 Å². The molecule has 16 heavy (non-hydrogen) atoms. The van der Waals surface area contributed by atoms with Crippen LogP contribution < -0.4 is 0 Å². The van der Waals surface area contributed by atoms with E-state index in [0.29, 0.717) is 12.8 Å². The van der Waals surface area contributed by atoms with Crippen molar-refractivity contribution in [2.45, 2.75) is 32.6 Å². The molecule has 2 N–H and O–H groups in total. The molecule has 0 aliphatic carbocycles. The maximum atomic E-state index is 11.4. The van der Waals surface area contributed by atoms with Gasteiger partial charge in [-0.15, -0.1) is 0 Å². The number of hydrogen-bond donors (Lipinski definition) is 2. The Bertz CT molecular complexity index is 257. The summed E-state index contributed by atoms with van der Waals surface area (Å²) < 4.78 is 4.81. The smallest absolute Gasteiger partial charge is 0.334 e. The molecule has 0 unspecified atom stereocenters. The fourth-order valence-electron chi connectivity index (χ4n) is 1.07. The van der Waals surface area contributed by atoms with Gasteiger partial charge in [-0.3, -0.25) is 0 Å². The molecular formula is C11H18O5. The van der Waals surface area contributed by atoms with Crippen LogP contribution >= 0.6 is 0 Å². The summed E-state index contributed by atoms with van der Waals surface area (Å²) in [6.07, 6.45) is 3.27. The van der Waals surface area contributed by atoms with Gasteiger partial charge in [0.05, 0.1) is 6.61 Å². The predicted molar refractivity (Wildman–Crippen MR) is 57.9 cm³/mol.